The molecule has 0 aliphatic carbocycles. The fourth-order valence-corrected chi connectivity index (χ4v) is 3.53. The predicted octanol–water partition coefficient (Wildman–Crippen LogP) is 2.85. The average Bonchev–Trinajstić information content (AvgIpc) is 2.80. The summed E-state index contributed by atoms with van der Waals surface area (Å²) in [6, 6.07) is 6.37. The van der Waals surface area contributed by atoms with Gasteiger partial charge in [0.2, 0.25) is 5.91 Å². The Morgan fingerprint density at radius 2 is 2.00 bits per heavy atom. The molecule has 0 unspecified atom stereocenters. The van der Waals surface area contributed by atoms with Gasteiger partial charge in [-0.3, -0.25) is 9.69 Å². The van der Waals surface area contributed by atoms with Gasteiger partial charge in [-0.25, -0.2) is 4.39 Å². The minimum atomic E-state index is -0.252. The van der Waals surface area contributed by atoms with Crippen LogP contribution in [-0.4, -0.2) is 55.0 Å². The molecule has 0 radical (unpaired) electrons. The second-order valence-electron chi connectivity index (χ2n) is 7.06. The first-order valence-corrected chi connectivity index (χ1v) is 8.99. The van der Waals surface area contributed by atoms with Crippen LogP contribution in [0.25, 0.3) is 0 Å². The van der Waals surface area contributed by atoms with Gasteiger partial charge in [0.1, 0.15) is 11.9 Å². The molecule has 0 aromatic heterocycles. The number of hydrogen-bond donors (Lipinski definition) is 0. The lowest BCUT2D eigenvalue weighted by molar-refractivity contribution is -0.140. The van der Waals surface area contributed by atoms with Gasteiger partial charge >= 0.3 is 0 Å². The highest BCUT2D eigenvalue weighted by atomic mass is 19.1. The van der Waals surface area contributed by atoms with Crippen LogP contribution in [0.4, 0.5) is 4.39 Å². The van der Waals surface area contributed by atoms with Crippen molar-refractivity contribution in [2.24, 2.45) is 5.92 Å². The summed E-state index contributed by atoms with van der Waals surface area (Å²) in [7, 11) is 0. The van der Waals surface area contributed by atoms with Gasteiger partial charge < -0.3 is 9.64 Å². The zero-order chi connectivity index (χ0) is 16.9. The Balaban J connectivity index is 1.55. The molecule has 2 fully saturated rings. The third-order valence-electron chi connectivity index (χ3n) is 5.13. The first-order valence-electron chi connectivity index (χ1n) is 8.99. The van der Waals surface area contributed by atoms with E-state index in [1.165, 1.54) is 31.4 Å². The van der Waals surface area contributed by atoms with E-state index >= 15 is 0 Å². The second-order valence-corrected chi connectivity index (χ2v) is 7.06. The van der Waals surface area contributed by atoms with Gasteiger partial charge in [-0.05, 0) is 56.0 Å². The van der Waals surface area contributed by atoms with E-state index in [-0.39, 0.29) is 17.8 Å². The molecule has 1 aromatic rings. The standard InChI is InChI=1S/C19H27FN2O2/c1-15-3-2-9-21(10-8-15)14-19(23)22-11-12-24-18(13-22)16-4-6-17(20)7-5-16/h4-7,15,18H,2-3,8-14H2,1H3/t15-,18+/m0/s1. The monoisotopic (exact) mass is 334 g/mol. The quantitative estimate of drug-likeness (QED) is 0.852. The molecule has 2 atom stereocenters. The van der Waals surface area contributed by atoms with Crippen LogP contribution < -0.4 is 0 Å². The molecule has 2 aliphatic heterocycles. The fourth-order valence-electron chi connectivity index (χ4n) is 3.53. The SMILES string of the molecule is C[C@H]1CCCN(CC(=O)N2CCO[C@@H](c3ccc(F)cc3)C2)CC1. The van der Waals surface area contributed by atoms with Crippen LogP contribution in [0, 0.1) is 11.7 Å². The number of amides is 1. The molecule has 2 aliphatic rings. The number of likely N-dealkylation sites (tertiary alicyclic amines) is 1. The summed E-state index contributed by atoms with van der Waals surface area (Å²) < 4.78 is 18.8. The van der Waals surface area contributed by atoms with Crippen LogP contribution in [0.3, 0.4) is 0 Å². The van der Waals surface area contributed by atoms with Crippen LogP contribution in [0.1, 0.15) is 37.9 Å². The number of ether oxygens (including phenoxy) is 1. The van der Waals surface area contributed by atoms with Crippen LogP contribution >= 0.6 is 0 Å². The lowest BCUT2D eigenvalue weighted by atomic mass is 10.0. The Bertz CT molecular complexity index is 549. The van der Waals surface area contributed by atoms with Crippen molar-refractivity contribution in [3.63, 3.8) is 0 Å². The number of carbonyl (C=O) groups excluding carboxylic acids is 1. The van der Waals surface area contributed by atoms with Gasteiger partial charge in [-0.1, -0.05) is 19.1 Å². The first kappa shape index (κ1) is 17.4. The smallest absolute Gasteiger partial charge is 0.236 e. The first-order chi connectivity index (χ1) is 11.6. The van der Waals surface area contributed by atoms with E-state index < -0.39 is 0 Å². The highest BCUT2D eigenvalue weighted by Gasteiger charge is 2.27. The fraction of sp³-hybridized carbons (Fsp3) is 0.632. The predicted molar refractivity (Wildman–Crippen MR) is 91.1 cm³/mol. The van der Waals surface area contributed by atoms with Crippen molar-refractivity contribution in [1.82, 2.24) is 9.80 Å². The molecule has 0 bridgehead atoms. The second kappa shape index (κ2) is 8.08. The summed E-state index contributed by atoms with van der Waals surface area (Å²) in [4.78, 5) is 16.8. The van der Waals surface area contributed by atoms with E-state index in [0.717, 1.165) is 24.6 Å². The Kier molecular flexibility index (Phi) is 5.85. The number of halogens is 1. The molecule has 5 heteroatoms. The molecule has 132 valence electrons. The summed E-state index contributed by atoms with van der Waals surface area (Å²) in [6.07, 6.45) is 3.45. The normalized spacial score (nSPS) is 26.2. The van der Waals surface area contributed by atoms with Crippen LogP contribution in [0.15, 0.2) is 24.3 Å². The van der Waals surface area contributed by atoms with Gasteiger partial charge in [-0.15, -0.1) is 0 Å². The van der Waals surface area contributed by atoms with E-state index in [4.69, 9.17) is 4.74 Å². The van der Waals surface area contributed by atoms with E-state index in [9.17, 15) is 9.18 Å². The van der Waals surface area contributed by atoms with E-state index in [2.05, 4.69) is 11.8 Å². The van der Waals surface area contributed by atoms with E-state index in [1.54, 1.807) is 12.1 Å². The highest BCUT2D eigenvalue weighted by Crippen LogP contribution is 2.23. The highest BCUT2D eigenvalue weighted by molar-refractivity contribution is 5.78. The minimum Gasteiger partial charge on any atom is -0.370 e. The van der Waals surface area contributed by atoms with Gasteiger partial charge in [0, 0.05) is 6.54 Å². The Hall–Kier alpha value is -1.46. The van der Waals surface area contributed by atoms with Crippen LogP contribution in [-0.2, 0) is 9.53 Å². The zero-order valence-electron chi connectivity index (χ0n) is 14.4. The third-order valence-corrected chi connectivity index (χ3v) is 5.13. The topological polar surface area (TPSA) is 32.8 Å². The number of morpholine rings is 1. The van der Waals surface area contributed by atoms with Gasteiger partial charge in [0.05, 0.1) is 19.7 Å². The summed E-state index contributed by atoms with van der Waals surface area (Å²) in [5.74, 6) is 0.689. The van der Waals surface area contributed by atoms with Crippen molar-refractivity contribution in [3.05, 3.63) is 35.6 Å². The lowest BCUT2D eigenvalue weighted by Gasteiger charge is -2.34. The van der Waals surface area contributed by atoms with Gasteiger partial charge in [0.25, 0.3) is 0 Å². The molecular weight excluding hydrogens is 307 g/mol. The summed E-state index contributed by atoms with van der Waals surface area (Å²) >= 11 is 0. The van der Waals surface area contributed by atoms with Gasteiger partial charge in [-0.2, -0.15) is 0 Å². The van der Waals surface area contributed by atoms with Crippen molar-refractivity contribution in [3.8, 4) is 0 Å². The Morgan fingerprint density at radius 3 is 2.79 bits per heavy atom. The molecule has 3 rings (SSSR count). The van der Waals surface area contributed by atoms with Crippen molar-refractivity contribution < 1.29 is 13.9 Å². The molecule has 2 heterocycles. The van der Waals surface area contributed by atoms with Crippen molar-refractivity contribution in [2.45, 2.75) is 32.3 Å². The average molecular weight is 334 g/mol. The van der Waals surface area contributed by atoms with E-state index in [1.807, 2.05) is 4.90 Å². The van der Waals surface area contributed by atoms with E-state index in [0.29, 0.717) is 26.2 Å². The maximum Gasteiger partial charge on any atom is 0.236 e. The Labute approximate surface area is 143 Å². The van der Waals surface area contributed by atoms with Crippen molar-refractivity contribution in [2.75, 3.05) is 39.3 Å². The lowest BCUT2D eigenvalue weighted by Crippen LogP contribution is -2.46. The maximum atomic E-state index is 13.1. The van der Waals surface area contributed by atoms with Crippen LogP contribution in [0.2, 0.25) is 0 Å². The molecule has 4 nitrogen and oxygen atoms in total. The van der Waals surface area contributed by atoms with Crippen LogP contribution in [0.5, 0.6) is 0 Å². The molecule has 2 saturated heterocycles. The summed E-state index contributed by atoms with van der Waals surface area (Å²) in [5.41, 5.74) is 0.928. The largest absolute Gasteiger partial charge is 0.370 e. The molecule has 0 saturated carbocycles. The molecule has 1 amide bonds. The molecular formula is C19H27FN2O2. The summed E-state index contributed by atoms with van der Waals surface area (Å²) in [5, 5.41) is 0. The maximum absolute atomic E-state index is 13.1. The number of hydrogen-bond acceptors (Lipinski definition) is 3. The molecule has 1 aromatic carbocycles. The van der Waals surface area contributed by atoms with Gasteiger partial charge in [0.15, 0.2) is 0 Å². The number of nitrogens with zero attached hydrogens (tertiary/aromatic N) is 2. The molecule has 0 N–H and O–H groups in total. The molecule has 0 spiro atoms. The zero-order valence-corrected chi connectivity index (χ0v) is 14.4. The number of carbonyl (C=O) groups is 1. The summed E-state index contributed by atoms with van der Waals surface area (Å²) in [6.45, 7) is 6.55. The number of rotatable bonds is 3. The minimum absolute atomic E-state index is 0.160. The van der Waals surface area contributed by atoms with Crippen molar-refractivity contribution in [1.29, 1.82) is 0 Å². The van der Waals surface area contributed by atoms with Crippen molar-refractivity contribution >= 4 is 5.91 Å². The molecule has 24 heavy (non-hydrogen) atoms. The number of benzene rings is 1. The Morgan fingerprint density at radius 1 is 1.21 bits per heavy atom. The third kappa shape index (κ3) is 4.54.